The van der Waals surface area contributed by atoms with Crippen LogP contribution in [0, 0.1) is 0 Å². The summed E-state index contributed by atoms with van der Waals surface area (Å²) < 4.78 is 28.3. The lowest BCUT2D eigenvalue weighted by molar-refractivity contribution is -0.301. The quantitative estimate of drug-likeness (QED) is 0.0268. The Labute approximate surface area is 358 Å². The number of nitrogens with two attached hydrogens (primary N) is 2. The van der Waals surface area contributed by atoms with Gasteiger partial charge in [0.25, 0.3) is 0 Å². The van der Waals surface area contributed by atoms with Crippen LogP contribution in [0.3, 0.4) is 0 Å². The fourth-order valence-corrected chi connectivity index (χ4v) is 5.74. The van der Waals surface area contributed by atoms with Gasteiger partial charge in [0.1, 0.15) is 35.7 Å². The lowest BCUT2D eigenvalue weighted by Gasteiger charge is -2.39. The van der Waals surface area contributed by atoms with Crippen molar-refractivity contribution in [3.05, 3.63) is 0 Å². The maximum atomic E-state index is 13.1. The molecule has 13 N–H and O–H groups in total. The van der Waals surface area contributed by atoms with E-state index >= 15 is 0 Å². The maximum Gasteiger partial charge on any atom is 0.222 e. The summed E-state index contributed by atoms with van der Waals surface area (Å²) in [5.41, 5.74) is 9.69. The molecule has 0 aromatic heterocycles. The molecule has 1 heterocycles. The lowest BCUT2D eigenvalue weighted by Crippen LogP contribution is -2.59. The van der Waals surface area contributed by atoms with E-state index in [1.165, 1.54) is 6.92 Å². The summed E-state index contributed by atoms with van der Waals surface area (Å²) in [6, 6.07) is 0. The van der Waals surface area contributed by atoms with E-state index in [0.717, 1.165) is 0 Å². The minimum absolute atomic E-state index is 0.0200. The second kappa shape index (κ2) is 34.1. The molecule has 1 aliphatic rings. The number of amides is 5. The molecule has 1 fully saturated rings. The average molecular weight is 880 g/mol. The number of aliphatic hydroxyl groups excluding tert-OH is 4. The maximum absolute atomic E-state index is 13.1. The third-order valence-corrected chi connectivity index (χ3v) is 9.23. The highest BCUT2D eigenvalue weighted by Gasteiger charge is 2.44. The topological polar surface area (TPSA) is 342 Å². The Bertz CT molecular complexity index is 1240. The monoisotopic (exact) mass is 880 g/mol. The molecule has 1 rings (SSSR count). The Hall–Kier alpha value is -3.42. The van der Waals surface area contributed by atoms with Crippen LogP contribution in [0.1, 0.15) is 84.0 Å². The largest absolute Gasteiger partial charge is 0.394 e. The number of unbranched alkanes of at least 4 members (excludes halogenated alkanes) is 1. The molecular formula is C39H73N7O15. The second-order valence-electron chi connectivity index (χ2n) is 14.9. The third-order valence-electron chi connectivity index (χ3n) is 9.23. The van der Waals surface area contributed by atoms with Gasteiger partial charge in [-0.25, -0.2) is 0 Å². The number of ether oxygens (including phenoxy) is 5. The summed E-state index contributed by atoms with van der Waals surface area (Å²) in [6.45, 7) is 2.94. The van der Waals surface area contributed by atoms with Crippen molar-refractivity contribution in [3.63, 3.8) is 0 Å². The molecule has 22 heteroatoms. The number of carbonyl (C=O) groups excluding carboxylic acids is 6. The molecule has 22 nitrogen and oxygen atoms in total. The van der Waals surface area contributed by atoms with Crippen LogP contribution in [0.25, 0.3) is 0 Å². The number of carbonyl (C=O) groups is 6. The highest BCUT2D eigenvalue weighted by Crippen LogP contribution is 2.22. The van der Waals surface area contributed by atoms with Gasteiger partial charge in [-0.3, -0.25) is 24.0 Å². The summed E-state index contributed by atoms with van der Waals surface area (Å²) in [4.78, 5) is 73.8. The van der Waals surface area contributed by atoms with E-state index in [-0.39, 0.29) is 127 Å². The van der Waals surface area contributed by atoms with Crippen LogP contribution >= 0.6 is 0 Å². The predicted octanol–water partition coefficient (Wildman–Crippen LogP) is -3.64. The Morgan fingerprint density at radius 3 is 1.48 bits per heavy atom. The minimum atomic E-state index is -1.53. The van der Waals surface area contributed by atoms with E-state index in [9.17, 15) is 49.2 Å². The molecule has 0 aliphatic carbocycles. The van der Waals surface area contributed by atoms with Crippen LogP contribution in [0.4, 0.5) is 0 Å². The molecule has 61 heavy (non-hydrogen) atoms. The van der Waals surface area contributed by atoms with Crippen molar-refractivity contribution in [2.45, 2.75) is 120 Å². The van der Waals surface area contributed by atoms with Crippen LogP contribution in [-0.2, 0) is 52.5 Å². The Morgan fingerprint density at radius 1 is 0.557 bits per heavy atom. The van der Waals surface area contributed by atoms with Crippen molar-refractivity contribution in [2.24, 2.45) is 11.5 Å². The van der Waals surface area contributed by atoms with Crippen molar-refractivity contribution in [1.29, 1.82) is 0 Å². The molecule has 0 aromatic rings. The zero-order valence-corrected chi connectivity index (χ0v) is 35.7. The molecule has 0 spiro atoms. The van der Waals surface area contributed by atoms with Crippen LogP contribution in [0.5, 0.6) is 0 Å². The number of nitrogens with one attached hydrogen (secondary N) is 5. The van der Waals surface area contributed by atoms with Gasteiger partial charge in [0.15, 0.2) is 6.29 Å². The van der Waals surface area contributed by atoms with Gasteiger partial charge >= 0.3 is 0 Å². The zero-order valence-electron chi connectivity index (χ0n) is 35.7. The molecule has 3 unspecified atom stereocenters. The first-order chi connectivity index (χ1) is 29.3. The Morgan fingerprint density at radius 2 is 1.02 bits per heavy atom. The van der Waals surface area contributed by atoms with Crippen molar-refractivity contribution in [1.82, 2.24) is 26.6 Å². The molecule has 5 atom stereocenters. The smallest absolute Gasteiger partial charge is 0.222 e. The van der Waals surface area contributed by atoms with Gasteiger partial charge in [-0.15, -0.1) is 0 Å². The number of hydrogen-bond donors (Lipinski definition) is 11. The summed E-state index contributed by atoms with van der Waals surface area (Å²) in [6.07, 6.45) is -3.31. The summed E-state index contributed by atoms with van der Waals surface area (Å²) in [5.74, 6) is -1.41. The van der Waals surface area contributed by atoms with Gasteiger partial charge in [0.2, 0.25) is 29.5 Å². The van der Waals surface area contributed by atoms with Gasteiger partial charge in [-0.2, -0.15) is 0 Å². The van der Waals surface area contributed by atoms with E-state index < -0.39 is 42.9 Å². The molecule has 0 saturated carbocycles. The second-order valence-corrected chi connectivity index (χ2v) is 14.9. The van der Waals surface area contributed by atoms with Crippen LogP contribution in [0.15, 0.2) is 0 Å². The molecule has 1 saturated heterocycles. The van der Waals surface area contributed by atoms with Crippen molar-refractivity contribution in [3.8, 4) is 0 Å². The SMILES string of the molecule is CC(=O)CCCC(=O)NC(COCCC(=O)NCCCN)(COCCC(=O)NCCCN)COCCC(=O)NCCCNC(=O)CCCCO[C@H]1OC(CO)[C@@H](O)C(O)C1O. The molecule has 5 amide bonds. The molecular weight excluding hydrogens is 806 g/mol. The highest BCUT2D eigenvalue weighted by molar-refractivity contribution is 5.79. The predicted molar refractivity (Wildman–Crippen MR) is 219 cm³/mol. The van der Waals surface area contributed by atoms with Crippen LogP contribution in [0.2, 0.25) is 0 Å². The van der Waals surface area contributed by atoms with Crippen LogP contribution in [-0.4, -0.2) is 184 Å². The zero-order chi connectivity index (χ0) is 45.3. The van der Waals surface area contributed by atoms with E-state index in [1.807, 2.05) is 0 Å². The van der Waals surface area contributed by atoms with Gasteiger partial charge < -0.3 is 87.0 Å². The standard InChI is InChI=1S/C39H73N7O15/c1-28(48)8-4-10-34(53)46-39(25-57-21-11-31(50)42-16-5-14-40,26-58-22-12-32(51)43-17-6-15-41)27-59-23-13-33(52)45-19-7-18-44-30(49)9-2-3-20-60-38-37(56)36(55)35(54)29(24-47)61-38/h29,35-38,47,54-56H,2-27,40-41H2,1H3,(H,42,50)(H,43,51)(H,44,49)(H,45,52)(H,46,53)/t29?,35-,36?,37?,38+/m1/s1. The summed E-state index contributed by atoms with van der Waals surface area (Å²) in [5, 5.41) is 52.9. The lowest BCUT2D eigenvalue weighted by atomic mass is 9.99. The van der Waals surface area contributed by atoms with Crippen molar-refractivity contribution >= 4 is 35.3 Å². The minimum Gasteiger partial charge on any atom is -0.394 e. The normalized spacial score (nSPS) is 18.9. The van der Waals surface area contributed by atoms with E-state index in [2.05, 4.69) is 26.6 Å². The molecule has 1 aliphatic heterocycles. The highest BCUT2D eigenvalue weighted by atomic mass is 16.7. The van der Waals surface area contributed by atoms with Crippen molar-refractivity contribution in [2.75, 3.05) is 92.1 Å². The first-order valence-electron chi connectivity index (χ1n) is 21.2. The van der Waals surface area contributed by atoms with E-state index in [0.29, 0.717) is 71.2 Å². The number of aliphatic hydroxyl groups is 4. The Kier molecular flexibility index (Phi) is 31.1. The van der Waals surface area contributed by atoms with E-state index in [4.69, 9.17) is 35.2 Å². The van der Waals surface area contributed by atoms with Gasteiger partial charge in [-0.05, 0) is 58.5 Å². The third kappa shape index (κ3) is 26.6. The van der Waals surface area contributed by atoms with Gasteiger partial charge in [-0.1, -0.05) is 0 Å². The first kappa shape index (κ1) is 55.6. The number of rotatable bonds is 37. The van der Waals surface area contributed by atoms with Crippen LogP contribution < -0.4 is 38.1 Å². The number of ketones is 1. The number of Topliss-reactive ketones (excluding diaryl/α,β-unsaturated/α-hetero) is 1. The number of hydrogen-bond acceptors (Lipinski definition) is 17. The average Bonchev–Trinajstić information content (AvgIpc) is 3.22. The molecule has 0 radical (unpaired) electrons. The van der Waals surface area contributed by atoms with Gasteiger partial charge in [0.05, 0.1) is 46.2 Å². The Balaban J connectivity index is 2.59. The van der Waals surface area contributed by atoms with Gasteiger partial charge in [0, 0.05) is 71.3 Å². The first-order valence-corrected chi connectivity index (χ1v) is 21.2. The molecule has 0 bridgehead atoms. The van der Waals surface area contributed by atoms with Crippen molar-refractivity contribution < 1.29 is 72.9 Å². The fourth-order valence-electron chi connectivity index (χ4n) is 5.74. The fraction of sp³-hybridized carbons (Fsp3) is 0.846. The van der Waals surface area contributed by atoms with E-state index in [1.54, 1.807) is 0 Å². The summed E-state index contributed by atoms with van der Waals surface area (Å²) >= 11 is 0. The molecule has 354 valence electrons. The molecule has 0 aromatic carbocycles. The summed E-state index contributed by atoms with van der Waals surface area (Å²) in [7, 11) is 0.